The van der Waals surface area contributed by atoms with Gasteiger partial charge in [0.25, 0.3) is 0 Å². The van der Waals surface area contributed by atoms with E-state index in [1.807, 2.05) is 6.92 Å². The first-order valence-corrected chi connectivity index (χ1v) is 8.43. The minimum absolute atomic E-state index is 0.248. The van der Waals surface area contributed by atoms with Gasteiger partial charge in [0.05, 0.1) is 0 Å². The summed E-state index contributed by atoms with van der Waals surface area (Å²) in [6.07, 6.45) is 6.29. The maximum Gasteiger partial charge on any atom is 0.202 e. The fourth-order valence-corrected chi connectivity index (χ4v) is 3.90. The molecule has 0 spiro atoms. The molecule has 0 radical (unpaired) electrons. The molecule has 3 rings (SSSR count). The monoisotopic (exact) mass is 296 g/mol. The van der Waals surface area contributed by atoms with Crippen LogP contribution in [0.5, 0.6) is 0 Å². The van der Waals surface area contributed by atoms with E-state index in [-0.39, 0.29) is 5.54 Å². The first kappa shape index (κ1) is 14.2. The Hall–Kier alpha value is -0.720. The molecule has 1 N–H and O–H groups in total. The standard InChI is InChI=1S/C14H24N4OS/c1-12-16-13(20-17-12)15-11-14(5-9-19-10-6-14)18-7-3-2-4-8-18/h2-11H2,1H3,(H,15,16,17). The molecule has 2 fully saturated rings. The molecule has 0 saturated carbocycles. The Morgan fingerprint density at radius 2 is 2.00 bits per heavy atom. The van der Waals surface area contributed by atoms with Gasteiger partial charge < -0.3 is 10.1 Å². The summed E-state index contributed by atoms with van der Waals surface area (Å²) >= 11 is 1.46. The summed E-state index contributed by atoms with van der Waals surface area (Å²) in [5.74, 6) is 0.858. The number of ether oxygens (including phenoxy) is 1. The lowest BCUT2D eigenvalue weighted by atomic mass is 9.86. The van der Waals surface area contributed by atoms with E-state index < -0.39 is 0 Å². The van der Waals surface area contributed by atoms with Crippen LogP contribution in [0.1, 0.15) is 37.9 Å². The third-order valence-electron chi connectivity index (χ3n) is 4.55. The van der Waals surface area contributed by atoms with Crippen molar-refractivity contribution in [3.8, 4) is 0 Å². The van der Waals surface area contributed by atoms with Crippen LogP contribution >= 0.6 is 11.5 Å². The molecular weight excluding hydrogens is 272 g/mol. The minimum atomic E-state index is 0.248. The van der Waals surface area contributed by atoms with Crippen LogP contribution in [-0.2, 0) is 4.74 Å². The van der Waals surface area contributed by atoms with Crippen molar-refractivity contribution in [3.05, 3.63) is 5.82 Å². The van der Waals surface area contributed by atoms with Crippen molar-refractivity contribution >= 4 is 16.7 Å². The number of anilines is 1. The summed E-state index contributed by atoms with van der Waals surface area (Å²) in [5, 5.41) is 4.47. The summed E-state index contributed by atoms with van der Waals surface area (Å²) in [5.41, 5.74) is 0.248. The van der Waals surface area contributed by atoms with Crippen LogP contribution in [0, 0.1) is 6.92 Å². The topological polar surface area (TPSA) is 50.3 Å². The zero-order valence-corrected chi connectivity index (χ0v) is 13.0. The fourth-order valence-electron chi connectivity index (χ4n) is 3.33. The predicted molar refractivity (Wildman–Crippen MR) is 81.3 cm³/mol. The first-order valence-electron chi connectivity index (χ1n) is 7.66. The highest BCUT2D eigenvalue weighted by Gasteiger charge is 2.38. The van der Waals surface area contributed by atoms with E-state index in [9.17, 15) is 0 Å². The van der Waals surface area contributed by atoms with Gasteiger partial charge in [-0.05, 0) is 45.7 Å². The Morgan fingerprint density at radius 3 is 2.65 bits per heavy atom. The van der Waals surface area contributed by atoms with E-state index in [4.69, 9.17) is 4.74 Å². The van der Waals surface area contributed by atoms with E-state index in [1.165, 1.54) is 43.9 Å². The second-order valence-corrected chi connectivity index (χ2v) is 6.64. The smallest absolute Gasteiger partial charge is 0.202 e. The average molecular weight is 296 g/mol. The van der Waals surface area contributed by atoms with Crippen molar-refractivity contribution in [2.45, 2.75) is 44.6 Å². The highest BCUT2D eigenvalue weighted by atomic mass is 32.1. The fraction of sp³-hybridized carbons (Fsp3) is 0.857. The van der Waals surface area contributed by atoms with E-state index >= 15 is 0 Å². The molecule has 0 atom stereocenters. The van der Waals surface area contributed by atoms with Crippen LogP contribution in [0.4, 0.5) is 5.13 Å². The molecule has 0 amide bonds. The van der Waals surface area contributed by atoms with Gasteiger partial charge in [-0.3, -0.25) is 4.90 Å². The van der Waals surface area contributed by atoms with Gasteiger partial charge in [-0.1, -0.05) is 6.42 Å². The SMILES string of the molecule is Cc1nsc(NCC2(N3CCCCC3)CCOCC2)n1. The number of likely N-dealkylation sites (tertiary alicyclic amines) is 1. The molecule has 6 heteroatoms. The number of piperidine rings is 1. The van der Waals surface area contributed by atoms with E-state index in [0.717, 1.165) is 43.6 Å². The number of aryl methyl sites for hydroxylation is 1. The molecule has 3 heterocycles. The molecule has 2 aliphatic rings. The summed E-state index contributed by atoms with van der Waals surface area (Å²) in [7, 11) is 0. The quantitative estimate of drug-likeness (QED) is 0.924. The maximum atomic E-state index is 5.59. The Balaban J connectivity index is 1.68. The van der Waals surface area contributed by atoms with Gasteiger partial charge in [0.2, 0.25) is 5.13 Å². The molecular formula is C14H24N4OS. The van der Waals surface area contributed by atoms with Crippen LogP contribution in [0.2, 0.25) is 0 Å². The molecule has 2 aliphatic heterocycles. The average Bonchev–Trinajstić information content (AvgIpc) is 2.93. The van der Waals surface area contributed by atoms with E-state index in [0.29, 0.717) is 0 Å². The van der Waals surface area contributed by atoms with Gasteiger partial charge in [0.15, 0.2) is 0 Å². The van der Waals surface area contributed by atoms with Gasteiger partial charge >= 0.3 is 0 Å². The molecule has 0 aromatic carbocycles. The summed E-state index contributed by atoms with van der Waals surface area (Å²) < 4.78 is 9.84. The van der Waals surface area contributed by atoms with Crippen molar-refractivity contribution in [2.75, 3.05) is 38.2 Å². The second-order valence-electron chi connectivity index (χ2n) is 5.88. The molecule has 112 valence electrons. The zero-order valence-electron chi connectivity index (χ0n) is 12.2. The number of hydrogen-bond donors (Lipinski definition) is 1. The van der Waals surface area contributed by atoms with Crippen molar-refractivity contribution in [3.63, 3.8) is 0 Å². The third-order valence-corrected chi connectivity index (χ3v) is 5.31. The molecule has 20 heavy (non-hydrogen) atoms. The highest BCUT2D eigenvalue weighted by molar-refractivity contribution is 7.09. The van der Waals surface area contributed by atoms with Crippen molar-refractivity contribution in [1.29, 1.82) is 0 Å². The lowest BCUT2D eigenvalue weighted by molar-refractivity contribution is -0.0293. The van der Waals surface area contributed by atoms with Crippen LogP contribution < -0.4 is 5.32 Å². The number of nitrogens with one attached hydrogen (secondary N) is 1. The van der Waals surface area contributed by atoms with Gasteiger partial charge in [0.1, 0.15) is 5.82 Å². The molecule has 5 nitrogen and oxygen atoms in total. The Labute approximate surface area is 124 Å². The van der Waals surface area contributed by atoms with Crippen molar-refractivity contribution in [1.82, 2.24) is 14.3 Å². The number of aromatic nitrogens is 2. The summed E-state index contributed by atoms with van der Waals surface area (Å²) in [6, 6.07) is 0. The van der Waals surface area contributed by atoms with Crippen LogP contribution in [-0.4, -0.2) is 52.6 Å². The second kappa shape index (κ2) is 6.37. The number of nitrogens with zero attached hydrogens (tertiary/aromatic N) is 3. The highest BCUT2D eigenvalue weighted by Crippen LogP contribution is 2.31. The maximum absolute atomic E-state index is 5.59. The lowest BCUT2D eigenvalue weighted by Crippen LogP contribution is -2.57. The predicted octanol–water partition coefficient (Wildman–Crippen LogP) is 2.29. The Bertz CT molecular complexity index is 425. The summed E-state index contributed by atoms with van der Waals surface area (Å²) in [4.78, 5) is 7.11. The lowest BCUT2D eigenvalue weighted by Gasteiger charge is -2.48. The molecule has 1 aromatic rings. The summed E-state index contributed by atoms with van der Waals surface area (Å²) in [6.45, 7) is 7.13. The van der Waals surface area contributed by atoms with Crippen LogP contribution in [0.15, 0.2) is 0 Å². The van der Waals surface area contributed by atoms with Gasteiger partial charge in [0, 0.05) is 36.8 Å². The van der Waals surface area contributed by atoms with Crippen LogP contribution in [0.25, 0.3) is 0 Å². The number of hydrogen-bond acceptors (Lipinski definition) is 6. The van der Waals surface area contributed by atoms with Gasteiger partial charge in [-0.2, -0.15) is 4.37 Å². The third kappa shape index (κ3) is 3.13. The molecule has 0 aliphatic carbocycles. The first-order chi connectivity index (χ1) is 9.78. The van der Waals surface area contributed by atoms with Crippen molar-refractivity contribution < 1.29 is 4.74 Å². The van der Waals surface area contributed by atoms with Gasteiger partial charge in [-0.25, -0.2) is 4.98 Å². The minimum Gasteiger partial charge on any atom is -0.381 e. The Morgan fingerprint density at radius 1 is 1.25 bits per heavy atom. The molecule has 2 saturated heterocycles. The molecule has 0 bridgehead atoms. The molecule has 0 unspecified atom stereocenters. The molecule has 1 aromatic heterocycles. The van der Waals surface area contributed by atoms with E-state index in [1.54, 1.807) is 0 Å². The van der Waals surface area contributed by atoms with Crippen LogP contribution in [0.3, 0.4) is 0 Å². The zero-order chi connectivity index (χ0) is 13.8. The van der Waals surface area contributed by atoms with Crippen molar-refractivity contribution in [2.24, 2.45) is 0 Å². The number of rotatable bonds is 4. The van der Waals surface area contributed by atoms with E-state index in [2.05, 4.69) is 19.6 Å². The normalized spacial score (nSPS) is 23.6. The Kier molecular flexibility index (Phi) is 4.53. The van der Waals surface area contributed by atoms with Gasteiger partial charge in [-0.15, -0.1) is 0 Å². The largest absolute Gasteiger partial charge is 0.381 e.